The highest BCUT2D eigenvalue weighted by atomic mass is 35.5. The fourth-order valence-corrected chi connectivity index (χ4v) is 2.30. The molecule has 0 unspecified atom stereocenters. The highest BCUT2D eigenvalue weighted by molar-refractivity contribution is 6.33. The van der Waals surface area contributed by atoms with Crippen LogP contribution in [0, 0.1) is 11.3 Å². The van der Waals surface area contributed by atoms with E-state index in [9.17, 15) is 4.79 Å². The van der Waals surface area contributed by atoms with Gasteiger partial charge in [-0.15, -0.1) is 0 Å². The minimum atomic E-state index is -0.319. The van der Waals surface area contributed by atoms with E-state index >= 15 is 0 Å². The van der Waals surface area contributed by atoms with Gasteiger partial charge in [-0.1, -0.05) is 29.8 Å². The van der Waals surface area contributed by atoms with Crippen molar-refractivity contribution in [1.29, 1.82) is 5.26 Å². The number of halogens is 1. The Morgan fingerprint density at radius 1 is 1.17 bits per heavy atom. The standard InChI is InChI=1S/C17H11ClN4O/c18-14-4-2-1-3-13(14)15-9-16(22-21-15)17(23)20-12-7-5-11(10-19)6-8-12/h1-9H,(H,20,23)(H,21,22). The van der Waals surface area contributed by atoms with Crippen molar-refractivity contribution >= 4 is 23.2 Å². The molecule has 23 heavy (non-hydrogen) atoms. The highest BCUT2D eigenvalue weighted by Crippen LogP contribution is 2.26. The lowest BCUT2D eigenvalue weighted by molar-refractivity contribution is 0.102. The zero-order valence-electron chi connectivity index (χ0n) is 11.9. The smallest absolute Gasteiger partial charge is 0.273 e. The molecular weight excluding hydrogens is 312 g/mol. The van der Waals surface area contributed by atoms with Crippen molar-refractivity contribution < 1.29 is 4.79 Å². The van der Waals surface area contributed by atoms with Gasteiger partial charge in [-0.2, -0.15) is 10.4 Å². The summed E-state index contributed by atoms with van der Waals surface area (Å²) < 4.78 is 0. The van der Waals surface area contributed by atoms with Gasteiger partial charge in [-0.25, -0.2) is 0 Å². The number of anilines is 1. The van der Waals surface area contributed by atoms with E-state index in [0.717, 1.165) is 5.56 Å². The predicted molar refractivity (Wildman–Crippen MR) is 88.1 cm³/mol. The molecule has 0 bridgehead atoms. The van der Waals surface area contributed by atoms with E-state index < -0.39 is 0 Å². The molecule has 0 saturated carbocycles. The second kappa shape index (κ2) is 6.34. The summed E-state index contributed by atoms with van der Waals surface area (Å²) in [5.41, 5.74) is 2.81. The SMILES string of the molecule is N#Cc1ccc(NC(=O)c2cc(-c3ccccc3Cl)n[nH]2)cc1. The normalized spacial score (nSPS) is 10.1. The van der Waals surface area contributed by atoms with Crippen LogP contribution in [0.2, 0.25) is 5.02 Å². The summed E-state index contributed by atoms with van der Waals surface area (Å²) in [6.07, 6.45) is 0. The fourth-order valence-electron chi connectivity index (χ4n) is 2.07. The van der Waals surface area contributed by atoms with Gasteiger partial charge in [0.25, 0.3) is 5.91 Å². The molecule has 0 aliphatic heterocycles. The first-order chi connectivity index (χ1) is 11.2. The third-order valence-electron chi connectivity index (χ3n) is 3.24. The number of benzene rings is 2. The number of hydrogen-bond acceptors (Lipinski definition) is 3. The molecule has 0 aliphatic rings. The van der Waals surface area contributed by atoms with Gasteiger partial charge in [0.15, 0.2) is 0 Å². The first-order valence-corrected chi connectivity index (χ1v) is 7.17. The molecule has 0 saturated heterocycles. The molecule has 0 spiro atoms. The van der Waals surface area contributed by atoms with Gasteiger partial charge in [0.2, 0.25) is 0 Å². The number of nitrogens with one attached hydrogen (secondary N) is 2. The first kappa shape index (κ1) is 14.8. The van der Waals surface area contributed by atoms with Gasteiger partial charge in [-0.3, -0.25) is 9.89 Å². The van der Waals surface area contributed by atoms with Gasteiger partial charge >= 0.3 is 0 Å². The Balaban J connectivity index is 1.78. The number of nitriles is 1. The first-order valence-electron chi connectivity index (χ1n) is 6.79. The number of H-pyrrole nitrogens is 1. The minimum Gasteiger partial charge on any atom is -0.321 e. The maximum absolute atomic E-state index is 12.2. The van der Waals surface area contributed by atoms with E-state index in [1.807, 2.05) is 24.3 Å². The molecule has 5 nitrogen and oxygen atoms in total. The molecule has 2 N–H and O–H groups in total. The monoisotopic (exact) mass is 322 g/mol. The summed E-state index contributed by atoms with van der Waals surface area (Å²) in [5, 5.41) is 18.9. The van der Waals surface area contributed by atoms with Crippen molar-refractivity contribution in [2.45, 2.75) is 0 Å². The lowest BCUT2D eigenvalue weighted by Crippen LogP contribution is -2.12. The lowest BCUT2D eigenvalue weighted by atomic mass is 10.1. The Labute approximate surface area is 137 Å². The second-order valence-electron chi connectivity index (χ2n) is 4.79. The van der Waals surface area contributed by atoms with Crippen molar-refractivity contribution in [3.05, 3.63) is 70.9 Å². The number of aromatic nitrogens is 2. The Morgan fingerprint density at radius 3 is 2.61 bits per heavy atom. The molecule has 112 valence electrons. The van der Waals surface area contributed by atoms with E-state index in [4.69, 9.17) is 16.9 Å². The van der Waals surface area contributed by atoms with Crippen molar-refractivity contribution in [2.75, 3.05) is 5.32 Å². The van der Waals surface area contributed by atoms with Gasteiger partial charge in [0, 0.05) is 11.3 Å². The van der Waals surface area contributed by atoms with Crippen molar-refractivity contribution in [2.24, 2.45) is 0 Å². The van der Waals surface area contributed by atoms with Crippen LogP contribution in [0.3, 0.4) is 0 Å². The van der Waals surface area contributed by atoms with Crippen LogP contribution in [0.4, 0.5) is 5.69 Å². The molecule has 0 aliphatic carbocycles. The Morgan fingerprint density at radius 2 is 1.91 bits per heavy atom. The van der Waals surface area contributed by atoms with E-state index in [2.05, 4.69) is 15.5 Å². The minimum absolute atomic E-state index is 0.319. The van der Waals surface area contributed by atoms with E-state index in [1.165, 1.54) is 0 Å². The number of hydrogen-bond donors (Lipinski definition) is 2. The quantitative estimate of drug-likeness (QED) is 0.768. The summed E-state index contributed by atoms with van der Waals surface area (Å²) in [5.74, 6) is -0.319. The van der Waals surface area contributed by atoms with Crippen LogP contribution in [0.1, 0.15) is 16.1 Å². The molecular formula is C17H11ClN4O. The molecule has 1 amide bonds. The Hall–Kier alpha value is -3.10. The van der Waals surface area contributed by atoms with Crippen LogP contribution in [0.5, 0.6) is 0 Å². The van der Waals surface area contributed by atoms with Crippen LogP contribution < -0.4 is 5.32 Å². The number of carbonyl (C=O) groups is 1. The van der Waals surface area contributed by atoms with Crippen molar-refractivity contribution in [3.63, 3.8) is 0 Å². The van der Waals surface area contributed by atoms with Gasteiger partial charge in [-0.05, 0) is 36.4 Å². The summed E-state index contributed by atoms with van der Waals surface area (Å²) in [6.45, 7) is 0. The molecule has 0 fully saturated rings. The van der Waals surface area contributed by atoms with E-state index in [-0.39, 0.29) is 5.91 Å². The molecule has 2 aromatic carbocycles. The average Bonchev–Trinajstić information content (AvgIpc) is 3.06. The maximum Gasteiger partial charge on any atom is 0.273 e. The number of carbonyl (C=O) groups excluding carboxylic acids is 1. The van der Waals surface area contributed by atoms with Crippen LogP contribution in [0.15, 0.2) is 54.6 Å². The zero-order chi connectivity index (χ0) is 16.2. The molecule has 1 aromatic heterocycles. The van der Waals surface area contributed by atoms with Crippen LogP contribution >= 0.6 is 11.6 Å². The molecule has 3 aromatic rings. The van der Waals surface area contributed by atoms with Gasteiger partial charge < -0.3 is 5.32 Å². The molecule has 6 heteroatoms. The number of rotatable bonds is 3. The van der Waals surface area contributed by atoms with Crippen LogP contribution in [0.25, 0.3) is 11.3 Å². The van der Waals surface area contributed by atoms with Crippen molar-refractivity contribution in [1.82, 2.24) is 10.2 Å². The van der Waals surface area contributed by atoms with Crippen LogP contribution in [-0.2, 0) is 0 Å². The topological polar surface area (TPSA) is 81.6 Å². The number of amides is 1. The molecule has 0 atom stereocenters. The average molecular weight is 323 g/mol. The maximum atomic E-state index is 12.2. The van der Waals surface area contributed by atoms with Crippen molar-refractivity contribution in [3.8, 4) is 17.3 Å². The highest BCUT2D eigenvalue weighted by Gasteiger charge is 2.12. The summed E-state index contributed by atoms with van der Waals surface area (Å²) in [4.78, 5) is 12.2. The zero-order valence-corrected chi connectivity index (χ0v) is 12.6. The largest absolute Gasteiger partial charge is 0.321 e. The van der Waals surface area contributed by atoms with Crippen LogP contribution in [-0.4, -0.2) is 16.1 Å². The third-order valence-corrected chi connectivity index (χ3v) is 3.57. The third kappa shape index (κ3) is 3.23. The number of nitrogens with zero attached hydrogens (tertiary/aromatic N) is 2. The van der Waals surface area contributed by atoms with Gasteiger partial charge in [0.05, 0.1) is 22.3 Å². The molecule has 3 rings (SSSR count). The predicted octanol–water partition coefficient (Wildman–Crippen LogP) is 3.85. The van der Waals surface area contributed by atoms with Gasteiger partial charge in [0.1, 0.15) is 5.69 Å². The fraction of sp³-hybridized carbons (Fsp3) is 0. The van der Waals surface area contributed by atoms with E-state index in [1.54, 1.807) is 36.4 Å². The summed E-state index contributed by atoms with van der Waals surface area (Å²) in [7, 11) is 0. The Bertz CT molecular complexity index is 893. The summed E-state index contributed by atoms with van der Waals surface area (Å²) in [6, 6.07) is 17.6. The second-order valence-corrected chi connectivity index (χ2v) is 5.20. The lowest BCUT2D eigenvalue weighted by Gasteiger charge is -2.02. The Kier molecular flexibility index (Phi) is 4.09. The van der Waals surface area contributed by atoms with E-state index in [0.29, 0.717) is 27.7 Å². The summed E-state index contributed by atoms with van der Waals surface area (Å²) >= 11 is 6.13. The molecule has 0 radical (unpaired) electrons. The number of aromatic amines is 1. The molecule has 1 heterocycles.